The van der Waals surface area contributed by atoms with Crippen LogP contribution >= 0.6 is 0 Å². The molecule has 200 valence electrons. The molecule has 3 aliphatic heterocycles. The van der Waals surface area contributed by atoms with E-state index in [9.17, 15) is 23.6 Å². The average Bonchev–Trinajstić information content (AvgIpc) is 3.23. The first-order chi connectivity index (χ1) is 18.3. The Kier molecular flexibility index (Phi) is 7.31. The number of anilines is 1. The fraction of sp³-hybridized carbons (Fsp3) is 0.429. The third-order valence-electron chi connectivity index (χ3n) is 7.74. The lowest BCUT2D eigenvalue weighted by Gasteiger charge is -2.35. The molecule has 5 rings (SSSR count). The summed E-state index contributed by atoms with van der Waals surface area (Å²) in [5, 5.41) is 2.35. The molecule has 1 unspecified atom stereocenters. The maximum atomic E-state index is 13.9. The minimum Gasteiger partial charge on any atom is -0.493 e. The molecule has 2 fully saturated rings. The van der Waals surface area contributed by atoms with Gasteiger partial charge in [-0.2, -0.15) is 0 Å². The molecular formula is C28H31FN4O5. The average molecular weight is 523 g/mol. The molecule has 0 aromatic heterocycles. The van der Waals surface area contributed by atoms with E-state index in [1.165, 1.54) is 12.1 Å². The van der Waals surface area contributed by atoms with Crippen molar-refractivity contribution in [2.45, 2.75) is 51.1 Å². The highest BCUT2D eigenvalue weighted by molar-refractivity contribution is 6.06. The molecule has 1 atom stereocenters. The number of carbonyl (C=O) groups is 4. The Labute approximate surface area is 220 Å². The number of carbonyl (C=O) groups excluding carboxylic acids is 4. The van der Waals surface area contributed by atoms with Crippen LogP contribution in [0.1, 0.15) is 64.8 Å². The van der Waals surface area contributed by atoms with Crippen LogP contribution in [-0.2, 0) is 16.1 Å². The second-order valence-corrected chi connectivity index (χ2v) is 10.1. The summed E-state index contributed by atoms with van der Waals surface area (Å²) in [5.74, 6) is -1.42. The number of halogens is 1. The molecule has 38 heavy (non-hydrogen) atoms. The second kappa shape index (κ2) is 10.8. The number of piperidine rings is 2. The van der Waals surface area contributed by atoms with E-state index in [0.29, 0.717) is 36.8 Å². The maximum absolute atomic E-state index is 13.9. The Bertz CT molecular complexity index is 1270. The number of fused-ring (bicyclic) bond motifs is 1. The lowest BCUT2D eigenvalue weighted by atomic mass is 9.91. The van der Waals surface area contributed by atoms with Crippen LogP contribution in [0.2, 0.25) is 0 Å². The first-order valence-electron chi connectivity index (χ1n) is 13.1. The van der Waals surface area contributed by atoms with Crippen molar-refractivity contribution >= 4 is 29.3 Å². The first kappa shape index (κ1) is 25.7. The maximum Gasteiger partial charge on any atom is 0.255 e. The lowest BCUT2D eigenvalue weighted by molar-refractivity contribution is -0.136. The van der Waals surface area contributed by atoms with Crippen molar-refractivity contribution in [3.63, 3.8) is 0 Å². The van der Waals surface area contributed by atoms with Crippen molar-refractivity contribution in [2.24, 2.45) is 11.7 Å². The topological polar surface area (TPSA) is 122 Å². The molecule has 9 nitrogen and oxygen atoms in total. The highest BCUT2D eigenvalue weighted by Crippen LogP contribution is 2.36. The van der Waals surface area contributed by atoms with Crippen LogP contribution in [0.25, 0.3) is 0 Å². The van der Waals surface area contributed by atoms with E-state index in [4.69, 9.17) is 10.5 Å². The molecule has 2 aromatic rings. The Morgan fingerprint density at radius 2 is 1.89 bits per heavy atom. The van der Waals surface area contributed by atoms with E-state index in [0.717, 1.165) is 50.0 Å². The van der Waals surface area contributed by atoms with Crippen LogP contribution in [0.3, 0.4) is 0 Å². The third-order valence-corrected chi connectivity index (χ3v) is 7.74. The van der Waals surface area contributed by atoms with E-state index in [1.54, 1.807) is 11.0 Å². The van der Waals surface area contributed by atoms with Gasteiger partial charge in [-0.25, -0.2) is 4.39 Å². The van der Waals surface area contributed by atoms with Gasteiger partial charge in [-0.05, 0) is 62.3 Å². The lowest BCUT2D eigenvalue weighted by Crippen LogP contribution is -2.52. The zero-order valence-corrected chi connectivity index (χ0v) is 21.1. The Hall–Kier alpha value is -3.95. The summed E-state index contributed by atoms with van der Waals surface area (Å²) in [6, 6.07) is 9.19. The number of nitrogens with one attached hydrogen (secondary N) is 1. The highest BCUT2D eigenvalue weighted by Gasteiger charge is 2.40. The Morgan fingerprint density at radius 3 is 2.61 bits per heavy atom. The Balaban J connectivity index is 1.12. The van der Waals surface area contributed by atoms with Gasteiger partial charge in [-0.15, -0.1) is 0 Å². The molecule has 10 heteroatoms. The van der Waals surface area contributed by atoms with Gasteiger partial charge < -0.3 is 20.3 Å². The summed E-state index contributed by atoms with van der Waals surface area (Å²) >= 11 is 0. The Morgan fingerprint density at radius 1 is 1.11 bits per heavy atom. The van der Waals surface area contributed by atoms with Crippen molar-refractivity contribution in [3.8, 4) is 5.75 Å². The summed E-state index contributed by atoms with van der Waals surface area (Å²) in [4.78, 5) is 52.1. The number of primary amides is 1. The fourth-order valence-electron chi connectivity index (χ4n) is 5.68. The van der Waals surface area contributed by atoms with Gasteiger partial charge in [-0.1, -0.05) is 6.07 Å². The zero-order chi connectivity index (χ0) is 26.8. The SMILES string of the molecule is NC(=O)c1ccc(OCCCC2CCN(c3cccc4c3CN(C3CCC(=O)NC3=O)C4=O)CC2)cc1F. The van der Waals surface area contributed by atoms with Crippen molar-refractivity contribution in [3.05, 3.63) is 58.9 Å². The molecule has 3 heterocycles. The van der Waals surface area contributed by atoms with Crippen LogP contribution < -0.4 is 20.7 Å². The molecule has 0 radical (unpaired) electrons. The largest absolute Gasteiger partial charge is 0.493 e. The quantitative estimate of drug-likeness (QED) is 0.406. The van der Waals surface area contributed by atoms with Gasteiger partial charge >= 0.3 is 0 Å². The molecule has 0 spiro atoms. The van der Waals surface area contributed by atoms with Gasteiger partial charge in [0.25, 0.3) is 11.8 Å². The van der Waals surface area contributed by atoms with Gasteiger partial charge in [0.1, 0.15) is 17.6 Å². The summed E-state index contributed by atoms with van der Waals surface area (Å²) < 4.78 is 19.5. The second-order valence-electron chi connectivity index (χ2n) is 10.1. The van der Waals surface area contributed by atoms with Crippen molar-refractivity contribution in [1.82, 2.24) is 10.2 Å². The summed E-state index contributed by atoms with van der Waals surface area (Å²) in [5.41, 5.74) is 7.59. The number of nitrogens with zero attached hydrogens (tertiary/aromatic N) is 2. The minimum absolute atomic E-state index is 0.152. The van der Waals surface area contributed by atoms with E-state index < -0.39 is 23.7 Å². The summed E-state index contributed by atoms with van der Waals surface area (Å²) in [6.45, 7) is 2.57. The molecule has 3 N–H and O–H groups in total. The number of benzene rings is 2. The van der Waals surface area contributed by atoms with E-state index in [-0.39, 0.29) is 23.8 Å². The van der Waals surface area contributed by atoms with Crippen LogP contribution in [0, 0.1) is 11.7 Å². The zero-order valence-electron chi connectivity index (χ0n) is 21.1. The predicted octanol–water partition coefficient (Wildman–Crippen LogP) is 2.76. The molecule has 0 saturated carbocycles. The van der Waals surface area contributed by atoms with Crippen molar-refractivity contribution in [1.29, 1.82) is 0 Å². The number of nitrogens with two attached hydrogens (primary N) is 1. The summed E-state index contributed by atoms with van der Waals surface area (Å²) in [7, 11) is 0. The van der Waals surface area contributed by atoms with Crippen molar-refractivity contribution in [2.75, 3.05) is 24.6 Å². The summed E-state index contributed by atoms with van der Waals surface area (Å²) in [6.07, 6.45) is 4.43. The van der Waals surface area contributed by atoms with Gasteiger partial charge in [0.2, 0.25) is 11.8 Å². The molecule has 2 saturated heterocycles. The molecule has 0 aliphatic carbocycles. The minimum atomic E-state index is -0.806. The number of hydrogen-bond donors (Lipinski definition) is 2. The molecule has 0 bridgehead atoms. The smallest absolute Gasteiger partial charge is 0.255 e. The number of amides is 4. The molecular weight excluding hydrogens is 491 g/mol. The van der Waals surface area contributed by atoms with Crippen LogP contribution in [-0.4, -0.2) is 54.3 Å². The first-order valence-corrected chi connectivity index (χ1v) is 13.1. The third kappa shape index (κ3) is 5.20. The van der Waals surface area contributed by atoms with Crippen LogP contribution in [0.5, 0.6) is 5.75 Å². The van der Waals surface area contributed by atoms with Crippen LogP contribution in [0.15, 0.2) is 36.4 Å². The number of hydrogen-bond acceptors (Lipinski definition) is 6. The monoisotopic (exact) mass is 522 g/mol. The highest BCUT2D eigenvalue weighted by atomic mass is 19.1. The standard InChI is InChI=1S/C28H31FN4O5/c29-22-15-18(6-7-20(22)26(30)35)38-14-2-3-17-10-12-32(13-11-17)23-5-1-4-19-21(23)16-33(28(19)37)24-8-9-25(34)31-27(24)36/h1,4-7,15,17,24H,2-3,8-14,16H2,(H2,30,35)(H,31,34,36). The normalized spacial score (nSPS) is 19.9. The van der Waals surface area contributed by atoms with Gasteiger partial charge in [0, 0.05) is 48.9 Å². The number of ether oxygens (including phenoxy) is 1. The van der Waals surface area contributed by atoms with E-state index in [1.807, 2.05) is 18.2 Å². The molecule has 2 aromatic carbocycles. The van der Waals surface area contributed by atoms with Gasteiger partial charge in [-0.3, -0.25) is 24.5 Å². The van der Waals surface area contributed by atoms with E-state index >= 15 is 0 Å². The van der Waals surface area contributed by atoms with Gasteiger partial charge in [0.15, 0.2) is 0 Å². The van der Waals surface area contributed by atoms with E-state index in [2.05, 4.69) is 10.2 Å². The molecule has 4 amide bonds. The number of rotatable bonds is 8. The number of imide groups is 1. The predicted molar refractivity (Wildman–Crippen MR) is 137 cm³/mol. The fourth-order valence-corrected chi connectivity index (χ4v) is 5.68. The van der Waals surface area contributed by atoms with Crippen LogP contribution in [0.4, 0.5) is 10.1 Å². The van der Waals surface area contributed by atoms with Gasteiger partial charge in [0.05, 0.1) is 12.2 Å². The molecule has 3 aliphatic rings. The van der Waals surface area contributed by atoms with Crippen molar-refractivity contribution < 1.29 is 28.3 Å².